The van der Waals surface area contributed by atoms with Gasteiger partial charge in [-0.15, -0.1) is 0 Å². The predicted octanol–water partition coefficient (Wildman–Crippen LogP) is 4.28. The lowest BCUT2D eigenvalue weighted by Gasteiger charge is -2.18. The van der Waals surface area contributed by atoms with Gasteiger partial charge in [-0.1, -0.05) is 59.6 Å². The number of ether oxygens (including phenoxy) is 4. The normalized spacial score (nSPS) is 16.8. The molecule has 2 aromatic carbocycles. The lowest BCUT2D eigenvalue weighted by Crippen LogP contribution is -2.37. The minimum atomic E-state index is -0.484. The van der Waals surface area contributed by atoms with Crippen molar-refractivity contribution in [3.8, 4) is 34.6 Å². The van der Waals surface area contributed by atoms with Crippen molar-refractivity contribution >= 4 is 35.0 Å². The summed E-state index contributed by atoms with van der Waals surface area (Å²) in [7, 11) is 3.02. The minimum absolute atomic E-state index is 0.216. The SMILES string of the molecule is COc1nc(OCc2cccc(-c3cccc(COc4nc(OC)c(CNC5CONC5=O)cc4Cl)c3C)c2C)c(Cl)cc1CNC1CONC1=O. The zero-order valence-corrected chi connectivity index (χ0v) is 30.4. The predicted molar refractivity (Wildman–Crippen MR) is 191 cm³/mol. The number of carbonyl (C=O) groups is 2. The van der Waals surface area contributed by atoms with E-state index < -0.39 is 12.1 Å². The minimum Gasteiger partial charge on any atom is -0.481 e. The Kier molecular flexibility index (Phi) is 11.9. The molecule has 4 aromatic rings. The summed E-state index contributed by atoms with van der Waals surface area (Å²) in [4.78, 5) is 42.6. The number of rotatable bonds is 15. The number of carbonyl (C=O) groups excluding carboxylic acids is 2. The first kappa shape index (κ1) is 37.1. The average molecular weight is 754 g/mol. The molecule has 4 N–H and O–H groups in total. The number of halogens is 2. The van der Waals surface area contributed by atoms with E-state index in [4.69, 9.17) is 51.8 Å². The second-order valence-corrected chi connectivity index (χ2v) is 12.9. The number of nitrogens with one attached hydrogen (secondary N) is 4. The number of aromatic nitrogens is 2. The van der Waals surface area contributed by atoms with Crippen molar-refractivity contribution in [3.63, 3.8) is 0 Å². The third kappa shape index (κ3) is 8.33. The summed E-state index contributed by atoms with van der Waals surface area (Å²) >= 11 is 13.2. The van der Waals surface area contributed by atoms with E-state index in [0.29, 0.717) is 46.0 Å². The van der Waals surface area contributed by atoms with Crippen molar-refractivity contribution in [3.05, 3.63) is 92.0 Å². The highest BCUT2D eigenvalue weighted by Gasteiger charge is 2.27. The van der Waals surface area contributed by atoms with Gasteiger partial charge < -0.3 is 18.9 Å². The molecule has 2 saturated heterocycles. The fourth-order valence-corrected chi connectivity index (χ4v) is 6.26. The standard InChI is InChI=1S/C36H38Cl2N6O8/c1-19-21(15-49-35-27(37)11-23(33(41-35)47-3)13-39-29-17-51-43-31(29)45)7-5-9-25(19)26-10-6-8-22(20(26)2)16-50-36-28(38)12-24(34(42-36)48-4)14-40-30-18-52-44-32(30)46/h5-12,29-30,39-40H,13-18H2,1-4H3,(H,43,45)(H,44,46). The molecule has 2 unspecified atom stereocenters. The van der Waals surface area contributed by atoms with Gasteiger partial charge >= 0.3 is 0 Å². The highest BCUT2D eigenvalue weighted by atomic mass is 35.5. The van der Waals surface area contributed by atoms with Gasteiger partial charge in [0.1, 0.15) is 35.3 Å². The second-order valence-electron chi connectivity index (χ2n) is 12.1. The monoisotopic (exact) mass is 752 g/mol. The number of amides is 2. The lowest BCUT2D eigenvalue weighted by molar-refractivity contribution is -0.125. The molecule has 16 heteroatoms. The van der Waals surface area contributed by atoms with Gasteiger partial charge in [-0.25, -0.2) is 11.0 Å². The molecule has 0 spiro atoms. The molecule has 2 aromatic heterocycles. The van der Waals surface area contributed by atoms with E-state index in [-0.39, 0.29) is 50.0 Å². The van der Waals surface area contributed by atoms with Gasteiger partial charge in [0.25, 0.3) is 11.8 Å². The van der Waals surface area contributed by atoms with Gasteiger partial charge in [0.05, 0.1) is 27.4 Å². The number of hydroxylamine groups is 2. The Bertz CT molecular complexity index is 1830. The third-order valence-electron chi connectivity index (χ3n) is 8.82. The fraction of sp³-hybridized carbons (Fsp3) is 0.333. The van der Waals surface area contributed by atoms with Crippen LogP contribution in [0.4, 0.5) is 0 Å². The van der Waals surface area contributed by atoms with E-state index in [0.717, 1.165) is 33.4 Å². The molecule has 4 heterocycles. The fourth-order valence-electron chi connectivity index (χ4n) is 5.81. The topological polar surface area (TPSA) is 163 Å². The van der Waals surface area contributed by atoms with Crippen molar-refractivity contribution in [1.82, 2.24) is 31.6 Å². The molecule has 52 heavy (non-hydrogen) atoms. The Morgan fingerprint density at radius 3 is 1.48 bits per heavy atom. The number of hydrogen-bond donors (Lipinski definition) is 4. The van der Waals surface area contributed by atoms with Crippen molar-refractivity contribution in [2.45, 2.75) is 52.2 Å². The van der Waals surface area contributed by atoms with Crippen LogP contribution in [-0.4, -0.2) is 61.3 Å². The zero-order chi connectivity index (χ0) is 36.8. The van der Waals surface area contributed by atoms with Gasteiger partial charge in [-0.2, -0.15) is 9.97 Å². The maximum absolute atomic E-state index is 11.8. The van der Waals surface area contributed by atoms with Crippen LogP contribution in [-0.2, 0) is 45.6 Å². The second kappa shape index (κ2) is 16.8. The van der Waals surface area contributed by atoms with E-state index >= 15 is 0 Å². The van der Waals surface area contributed by atoms with Gasteiger partial charge in [-0.3, -0.25) is 29.9 Å². The molecule has 6 rings (SSSR count). The maximum Gasteiger partial charge on any atom is 0.263 e. The number of benzene rings is 2. The van der Waals surface area contributed by atoms with Crippen molar-refractivity contribution in [2.24, 2.45) is 0 Å². The quantitative estimate of drug-likeness (QED) is 0.137. The highest BCUT2D eigenvalue weighted by molar-refractivity contribution is 6.32. The number of pyridine rings is 2. The summed E-state index contributed by atoms with van der Waals surface area (Å²) < 4.78 is 23.2. The summed E-state index contributed by atoms with van der Waals surface area (Å²) in [5.41, 5.74) is 12.0. The van der Waals surface area contributed by atoms with Crippen LogP contribution in [0.3, 0.4) is 0 Å². The van der Waals surface area contributed by atoms with E-state index in [2.05, 4.69) is 43.7 Å². The lowest BCUT2D eigenvalue weighted by atomic mass is 9.92. The molecular formula is C36H38Cl2N6O8. The molecule has 274 valence electrons. The molecule has 2 amide bonds. The molecule has 0 saturated carbocycles. The van der Waals surface area contributed by atoms with Crippen LogP contribution >= 0.6 is 23.2 Å². The van der Waals surface area contributed by atoms with Crippen molar-refractivity contribution in [2.75, 3.05) is 27.4 Å². The molecule has 2 aliphatic heterocycles. The molecular weight excluding hydrogens is 715 g/mol. The summed E-state index contributed by atoms with van der Waals surface area (Å²) in [5.74, 6) is 0.644. The Labute approximate surface area is 310 Å². The largest absolute Gasteiger partial charge is 0.481 e. The Balaban J connectivity index is 1.13. The van der Waals surface area contributed by atoms with Crippen LogP contribution in [0.2, 0.25) is 10.0 Å². The Hall–Kier alpha value is -4.70. The summed E-state index contributed by atoms with van der Waals surface area (Å²) in [6.45, 7) is 5.55. The van der Waals surface area contributed by atoms with Crippen LogP contribution in [0.25, 0.3) is 11.1 Å². The third-order valence-corrected chi connectivity index (χ3v) is 9.36. The van der Waals surface area contributed by atoms with Crippen LogP contribution in [0.5, 0.6) is 23.5 Å². The first-order valence-corrected chi connectivity index (χ1v) is 17.1. The van der Waals surface area contributed by atoms with Gasteiger partial charge in [-0.05, 0) is 59.4 Å². The van der Waals surface area contributed by atoms with E-state index in [9.17, 15) is 9.59 Å². The molecule has 0 radical (unpaired) electrons. The van der Waals surface area contributed by atoms with Gasteiger partial charge in [0.15, 0.2) is 0 Å². The molecule has 14 nitrogen and oxygen atoms in total. The number of hydrogen-bond acceptors (Lipinski definition) is 12. The first-order chi connectivity index (χ1) is 25.2. The van der Waals surface area contributed by atoms with Crippen LogP contribution in [0.1, 0.15) is 33.4 Å². The molecule has 2 fully saturated rings. The Morgan fingerprint density at radius 2 is 1.12 bits per heavy atom. The number of nitrogens with zero attached hydrogens (tertiary/aromatic N) is 2. The van der Waals surface area contributed by atoms with E-state index in [1.54, 1.807) is 12.1 Å². The summed E-state index contributed by atoms with van der Waals surface area (Å²) in [6.07, 6.45) is 0. The van der Waals surface area contributed by atoms with E-state index in [1.807, 2.05) is 38.1 Å². The summed E-state index contributed by atoms with van der Waals surface area (Å²) in [6, 6.07) is 14.5. The zero-order valence-electron chi connectivity index (χ0n) is 28.9. The van der Waals surface area contributed by atoms with Crippen LogP contribution < -0.4 is 40.5 Å². The average Bonchev–Trinajstić information content (AvgIpc) is 3.76. The van der Waals surface area contributed by atoms with E-state index in [1.165, 1.54) is 14.2 Å². The smallest absolute Gasteiger partial charge is 0.263 e. The molecule has 0 bridgehead atoms. The van der Waals surface area contributed by atoms with Crippen molar-refractivity contribution < 1.29 is 38.2 Å². The van der Waals surface area contributed by atoms with Gasteiger partial charge in [0.2, 0.25) is 23.5 Å². The summed E-state index contributed by atoms with van der Waals surface area (Å²) in [5, 5.41) is 6.85. The highest BCUT2D eigenvalue weighted by Crippen LogP contribution is 2.34. The van der Waals surface area contributed by atoms with Crippen LogP contribution in [0.15, 0.2) is 48.5 Å². The van der Waals surface area contributed by atoms with Crippen LogP contribution in [0, 0.1) is 13.8 Å². The molecule has 2 aliphatic rings. The molecule has 2 atom stereocenters. The van der Waals surface area contributed by atoms with Crippen molar-refractivity contribution in [1.29, 1.82) is 0 Å². The first-order valence-electron chi connectivity index (χ1n) is 16.4. The number of methoxy groups -OCH3 is 2. The van der Waals surface area contributed by atoms with Gasteiger partial charge in [0, 0.05) is 24.2 Å². The maximum atomic E-state index is 11.8. The Morgan fingerprint density at radius 1 is 0.692 bits per heavy atom. The molecule has 0 aliphatic carbocycles.